The Bertz CT molecular complexity index is 555. The maximum absolute atomic E-state index is 5.97. The first-order valence-electron chi connectivity index (χ1n) is 5.19. The summed E-state index contributed by atoms with van der Waals surface area (Å²) >= 11 is 17.1. The molecule has 19 heavy (non-hydrogen) atoms. The lowest BCUT2D eigenvalue weighted by molar-refractivity contribution is 0.397. The van der Waals surface area contributed by atoms with Crippen molar-refractivity contribution in [3.05, 3.63) is 58.9 Å². The maximum Gasteiger partial charge on any atom is 0.213 e. The van der Waals surface area contributed by atoms with Crippen LogP contribution in [0.15, 0.2) is 53.2 Å². The van der Waals surface area contributed by atoms with Gasteiger partial charge in [0.1, 0.15) is 10.7 Å². The predicted molar refractivity (Wildman–Crippen MR) is 83.7 cm³/mol. The Labute approximate surface area is 127 Å². The van der Waals surface area contributed by atoms with E-state index in [0.29, 0.717) is 27.3 Å². The number of nitrogens with one attached hydrogen (secondary N) is 1. The van der Waals surface area contributed by atoms with Crippen molar-refractivity contribution in [2.75, 3.05) is 7.11 Å². The third-order valence-electron chi connectivity index (χ3n) is 2.09. The normalized spacial score (nSPS) is 11.3. The lowest BCUT2D eigenvalue weighted by Crippen LogP contribution is -2.23. The van der Waals surface area contributed by atoms with E-state index in [1.807, 2.05) is 0 Å². The number of halogens is 2. The van der Waals surface area contributed by atoms with Gasteiger partial charge < -0.3 is 10.1 Å². The minimum Gasteiger partial charge on any atom is -0.481 e. The van der Waals surface area contributed by atoms with Gasteiger partial charge in [0, 0.05) is 6.07 Å². The van der Waals surface area contributed by atoms with Crippen molar-refractivity contribution in [1.82, 2.24) is 10.3 Å². The van der Waals surface area contributed by atoms with E-state index in [4.69, 9.17) is 40.2 Å². The fourth-order valence-corrected chi connectivity index (χ4v) is 1.77. The van der Waals surface area contributed by atoms with Gasteiger partial charge in [-0.05, 0) is 12.1 Å². The topological polar surface area (TPSA) is 34.1 Å². The molecule has 1 rings (SSSR count). The van der Waals surface area contributed by atoms with E-state index >= 15 is 0 Å². The van der Waals surface area contributed by atoms with Gasteiger partial charge >= 0.3 is 0 Å². The number of rotatable bonds is 5. The van der Waals surface area contributed by atoms with Crippen LogP contribution >= 0.6 is 35.4 Å². The van der Waals surface area contributed by atoms with E-state index < -0.39 is 0 Å². The number of methoxy groups -OCH3 is 1. The molecule has 1 aromatic rings. The van der Waals surface area contributed by atoms with Gasteiger partial charge in [-0.3, -0.25) is 0 Å². The molecule has 0 saturated heterocycles. The molecule has 1 N–H and O–H groups in total. The van der Waals surface area contributed by atoms with Crippen molar-refractivity contribution in [1.29, 1.82) is 0 Å². The van der Waals surface area contributed by atoms with Crippen LogP contribution in [-0.2, 0) is 0 Å². The molecule has 100 valence electrons. The summed E-state index contributed by atoms with van der Waals surface area (Å²) in [5.74, 6) is 0.465. The molecule has 0 unspecified atom stereocenters. The van der Waals surface area contributed by atoms with Crippen LogP contribution in [0.5, 0.6) is 5.88 Å². The molecule has 0 fully saturated rings. The molecule has 0 amide bonds. The van der Waals surface area contributed by atoms with Crippen LogP contribution in [0.1, 0.15) is 5.69 Å². The van der Waals surface area contributed by atoms with Crippen molar-refractivity contribution in [2.24, 2.45) is 0 Å². The highest BCUT2D eigenvalue weighted by Gasteiger charge is 2.10. The molecule has 0 atom stereocenters. The third-order valence-corrected chi connectivity index (χ3v) is 2.94. The van der Waals surface area contributed by atoms with E-state index in [9.17, 15) is 0 Å². The Morgan fingerprint density at radius 3 is 2.68 bits per heavy atom. The zero-order valence-electron chi connectivity index (χ0n) is 10.2. The number of nitrogens with zero attached hydrogens (tertiary/aromatic N) is 1. The van der Waals surface area contributed by atoms with Gasteiger partial charge in [0.25, 0.3) is 0 Å². The summed E-state index contributed by atoms with van der Waals surface area (Å²) in [5, 5.41) is 3.45. The summed E-state index contributed by atoms with van der Waals surface area (Å²) in [6, 6.07) is 5.25. The summed E-state index contributed by atoms with van der Waals surface area (Å²) < 4.78 is 5.03. The fraction of sp³-hybridized carbons (Fsp3) is 0.0769. The highest BCUT2D eigenvalue weighted by atomic mass is 35.5. The monoisotopic (exact) mass is 314 g/mol. The molecule has 1 aromatic heterocycles. The van der Waals surface area contributed by atoms with E-state index in [2.05, 4.69) is 23.5 Å². The van der Waals surface area contributed by atoms with E-state index in [1.54, 1.807) is 18.2 Å². The number of aromatic nitrogens is 1. The Morgan fingerprint density at radius 1 is 1.47 bits per heavy atom. The van der Waals surface area contributed by atoms with Crippen LogP contribution in [0.4, 0.5) is 0 Å². The Hall–Kier alpha value is -1.36. The highest BCUT2D eigenvalue weighted by molar-refractivity contribution is 7.80. The SMILES string of the molecule is C=C/C(Cl)=C(/NC(=S)c1cccc(OC)n1)C(=C)Cl. The minimum atomic E-state index is 0.232. The van der Waals surface area contributed by atoms with E-state index in [-0.39, 0.29) is 5.03 Å². The largest absolute Gasteiger partial charge is 0.481 e. The van der Waals surface area contributed by atoms with Gasteiger partial charge in [-0.2, -0.15) is 0 Å². The number of allylic oxidation sites excluding steroid dienone is 3. The standard InChI is InChI=1S/C13H12Cl2N2OS/c1-4-9(15)12(8(2)14)17-13(19)10-6-5-7-11(16-10)18-3/h4-7H,1-2H2,3H3,(H,17,19)/b12-9-. The van der Waals surface area contributed by atoms with Crippen LogP contribution in [0.3, 0.4) is 0 Å². The van der Waals surface area contributed by atoms with Crippen molar-refractivity contribution in [2.45, 2.75) is 0 Å². The molecular weight excluding hydrogens is 303 g/mol. The van der Waals surface area contributed by atoms with Crippen LogP contribution < -0.4 is 10.1 Å². The van der Waals surface area contributed by atoms with Crippen molar-refractivity contribution in [3.8, 4) is 5.88 Å². The molecule has 0 radical (unpaired) electrons. The Morgan fingerprint density at radius 2 is 2.16 bits per heavy atom. The quantitative estimate of drug-likeness (QED) is 0.663. The molecule has 0 aliphatic rings. The van der Waals surface area contributed by atoms with Gasteiger partial charge in [-0.1, -0.05) is 54.6 Å². The molecule has 0 aliphatic heterocycles. The molecule has 0 bridgehead atoms. The average molecular weight is 315 g/mol. The number of thiocarbonyl (C=S) groups is 1. The zero-order chi connectivity index (χ0) is 14.4. The van der Waals surface area contributed by atoms with Crippen LogP contribution in [0.2, 0.25) is 0 Å². The summed E-state index contributed by atoms with van der Waals surface area (Å²) in [7, 11) is 1.53. The van der Waals surface area contributed by atoms with Gasteiger partial charge in [-0.25, -0.2) is 4.98 Å². The molecule has 0 aliphatic carbocycles. The Balaban J connectivity index is 3.01. The number of pyridine rings is 1. The smallest absolute Gasteiger partial charge is 0.213 e. The van der Waals surface area contributed by atoms with Crippen LogP contribution in [0.25, 0.3) is 0 Å². The molecule has 0 spiro atoms. The van der Waals surface area contributed by atoms with E-state index in [1.165, 1.54) is 13.2 Å². The summed E-state index contributed by atoms with van der Waals surface area (Å²) in [6.45, 7) is 7.18. The second-order valence-corrected chi connectivity index (χ2v) is 4.62. The van der Waals surface area contributed by atoms with Crippen molar-refractivity contribution >= 4 is 40.4 Å². The van der Waals surface area contributed by atoms with Gasteiger partial charge in [0.05, 0.1) is 22.9 Å². The molecular formula is C13H12Cl2N2OS. The average Bonchev–Trinajstić information content (AvgIpc) is 2.43. The highest BCUT2D eigenvalue weighted by Crippen LogP contribution is 2.19. The predicted octanol–water partition coefficient (Wildman–Crippen LogP) is 3.74. The first kappa shape index (κ1) is 15.7. The zero-order valence-corrected chi connectivity index (χ0v) is 12.6. The molecule has 6 heteroatoms. The van der Waals surface area contributed by atoms with Gasteiger partial charge in [0.15, 0.2) is 0 Å². The molecule has 0 aromatic carbocycles. The summed E-state index contributed by atoms with van der Waals surface area (Å²) in [6.07, 6.45) is 1.44. The van der Waals surface area contributed by atoms with Crippen LogP contribution in [0, 0.1) is 0 Å². The van der Waals surface area contributed by atoms with Crippen molar-refractivity contribution < 1.29 is 4.74 Å². The maximum atomic E-state index is 5.97. The first-order chi connectivity index (χ1) is 8.99. The minimum absolute atomic E-state index is 0.232. The molecule has 1 heterocycles. The fourth-order valence-electron chi connectivity index (χ4n) is 1.19. The van der Waals surface area contributed by atoms with Gasteiger partial charge in [-0.15, -0.1) is 0 Å². The van der Waals surface area contributed by atoms with Crippen molar-refractivity contribution in [3.63, 3.8) is 0 Å². The Kier molecular flexibility index (Phi) is 6.02. The molecule has 3 nitrogen and oxygen atoms in total. The molecule has 0 saturated carbocycles. The lowest BCUT2D eigenvalue weighted by atomic mass is 10.3. The summed E-state index contributed by atoms with van der Waals surface area (Å²) in [5.41, 5.74) is 0.936. The second kappa shape index (κ2) is 7.28. The number of ether oxygens (including phenoxy) is 1. The third kappa shape index (κ3) is 4.35. The number of hydrogen-bond acceptors (Lipinski definition) is 3. The second-order valence-electron chi connectivity index (χ2n) is 3.35. The lowest BCUT2D eigenvalue weighted by Gasteiger charge is -2.12. The van der Waals surface area contributed by atoms with Crippen LogP contribution in [-0.4, -0.2) is 17.1 Å². The summed E-state index contributed by atoms with van der Waals surface area (Å²) in [4.78, 5) is 4.56. The van der Waals surface area contributed by atoms with Gasteiger partial charge in [0.2, 0.25) is 5.88 Å². The van der Waals surface area contributed by atoms with E-state index in [0.717, 1.165) is 0 Å². The first-order valence-corrected chi connectivity index (χ1v) is 6.35. The number of hydrogen-bond donors (Lipinski definition) is 1.